The zero-order valence-electron chi connectivity index (χ0n) is 7.39. The summed E-state index contributed by atoms with van der Waals surface area (Å²) in [5.41, 5.74) is 0. The highest BCUT2D eigenvalue weighted by Gasteiger charge is 2.31. The normalized spacial score (nSPS) is 13.2. The van der Waals surface area contributed by atoms with Crippen molar-refractivity contribution in [2.24, 2.45) is 0 Å². The number of nitriles is 2. The average Bonchev–Trinajstić information content (AvgIpc) is 2.30. The Balaban J connectivity index is 4.22. The smallest absolute Gasteiger partial charge is 0.260 e. The number of aliphatic hydroxyl groups excluding tert-OH is 2. The summed E-state index contributed by atoms with van der Waals surface area (Å²) < 4.78 is 8.26. The zero-order valence-corrected chi connectivity index (χ0v) is 9.03. The van der Waals surface area contributed by atoms with Crippen molar-refractivity contribution in [3.63, 3.8) is 0 Å². The molecule has 0 fully saturated rings. The maximum atomic E-state index is 11.0. The number of Topliss-reactive ketones (excluding diaryl/α,β-unsaturated/α-hetero) is 2. The quantitative estimate of drug-likeness (QED) is 0.256. The van der Waals surface area contributed by atoms with E-state index in [1.54, 1.807) is 0 Å². The van der Waals surface area contributed by atoms with Gasteiger partial charge in [0, 0.05) is 0 Å². The largest absolute Gasteiger partial charge is 0.361 e. The molecule has 0 heterocycles. The summed E-state index contributed by atoms with van der Waals surface area (Å²) in [4.78, 5) is 21.9. The lowest BCUT2D eigenvalue weighted by atomic mass is 10.2. The molecule has 0 aliphatic carbocycles. The van der Waals surface area contributed by atoms with Crippen molar-refractivity contribution in [1.29, 1.82) is 10.5 Å². The molecule has 2 unspecified atom stereocenters. The highest BCUT2D eigenvalue weighted by molar-refractivity contribution is 7.99. The van der Waals surface area contributed by atoms with Gasteiger partial charge in [-0.1, -0.05) is 0 Å². The Morgan fingerprint density at radius 3 is 1.56 bits per heavy atom. The first-order valence-corrected chi connectivity index (χ1v) is 4.90. The van der Waals surface area contributed by atoms with Crippen molar-refractivity contribution >= 4 is 35.7 Å². The van der Waals surface area contributed by atoms with E-state index in [-0.39, 0.29) is 24.1 Å². The molecule has 2 N–H and O–H groups in total. The fourth-order valence-electron chi connectivity index (χ4n) is 0.465. The fourth-order valence-corrected chi connectivity index (χ4v) is 0.908. The summed E-state index contributed by atoms with van der Waals surface area (Å²) in [7, 11) is 0. The van der Waals surface area contributed by atoms with Crippen LogP contribution in [0.1, 0.15) is 0 Å². The van der Waals surface area contributed by atoms with Gasteiger partial charge in [-0.2, -0.15) is 10.5 Å². The van der Waals surface area contributed by atoms with Crippen LogP contribution in [-0.2, 0) is 18.0 Å². The Morgan fingerprint density at radius 1 is 1.00 bits per heavy atom. The molecule has 0 radical (unpaired) electrons. The van der Waals surface area contributed by atoms with Crippen LogP contribution < -0.4 is 0 Å². The predicted octanol–water partition coefficient (Wildman–Crippen LogP) is -0.947. The van der Waals surface area contributed by atoms with E-state index in [1.807, 2.05) is 0 Å². The van der Waals surface area contributed by atoms with Gasteiger partial charge in [0.05, 0.1) is 0 Å². The third kappa shape index (κ3) is 5.09. The Kier molecular flexibility index (Phi) is 7.49. The molecular weight excluding hydrogens is 260 g/mol. The minimum atomic E-state index is -2.18. The molecular formula is C6H4N2O6S2. The van der Waals surface area contributed by atoms with Crippen molar-refractivity contribution in [2.75, 3.05) is 0 Å². The summed E-state index contributed by atoms with van der Waals surface area (Å²) in [5, 5.41) is 36.6. The molecule has 0 bridgehead atoms. The van der Waals surface area contributed by atoms with Gasteiger partial charge < -0.3 is 10.2 Å². The standard InChI is InChI=1S/C6H4N2O6S2/c7-1-15-13-5(11)3(9)4(10)6(12)14-16-2-8/h5-6,11-12H. The van der Waals surface area contributed by atoms with Gasteiger partial charge in [-0.25, -0.2) is 0 Å². The SMILES string of the molecule is N#CSOC(O)C(=O)C(=O)C(O)OSC#N. The lowest BCUT2D eigenvalue weighted by Crippen LogP contribution is -2.37. The van der Waals surface area contributed by atoms with Gasteiger partial charge in [-0.15, -0.1) is 0 Å². The molecule has 0 aliphatic rings. The van der Waals surface area contributed by atoms with Crippen molar-refractivity contribution in [2.45, 2.75) is 12.6 Å². The molecule has 0 saturated heterocycles. The number of hydrogen-bond donors (Lipinski definition) is 2. The maximum Gasteiger partial charge on any atom is 0.260 e. The second kappa shape index (κ2) is 8.06. The van der Waals surface area contributed by atoms with Crippen LogP contribution in [0.15, 0.2) is 0 Å². The number of rotatable bonds is 7. The summed E-state index contributed by atoms with van der Waals surface area (Å²) in [6.07, 6.45) is -4.36. The van der Waals surface area contributed by atoms with E-state index in [4.69, 9.17) is 20.7 Å². The summed E-state index contributed by atoms with van der Waals surface area (Å²) in [5.74, 6) is -2.98. The highest BCUT2D eigenvalue weighted by atomic mass is 32.2. The Hall–Kier alpha value is -1.14. The van der Waals surface area contributed by atoms with E-state index >= 15 is 0 Å². The van der Waals surface area contributed by atoms with E-state index in [0.717, 1.165) is 0 Å². The van der Waals surface area contributed by atoms with Crippen LogP contribution in [0, 0.1) is 21.3 Å². The number of ketones is 2. The third-order valence-corrected chi connectivity index (χ3v) is 1.75. The number of aliphatic hydroxyl groups is 2. The molecule has 0 saturated carbocycles. The van der Waals surface area contributed by atoms with E-state index < -0.39 is 24.1 Å². The fraction of sp³-hybridized carbons (Fsp3) is 0.333. The Morgan fingerprint density at radius 2 is 1.31 bits per heavy atom. The molecule has 2 atom stereocenters. The van der Waals surface area contributed by atoms with Crippen LogP contribution in [0.5, 0.6) is 0 Å². The van der Waals surface area contributed by atoms with Crippen LogP contribution in [0.3, 0.4) is 0 Å². The molecule has 0 rings (SSSR count). The summed E-state index contributed by atoms with van der Waals surface area (Å²) in [6.45, 7) is 0. The van der Waals surface area contributed by atoms with Crippen LogP contribution in [0.4, 0.5) is 0 Å². The predicted molar refractivity (Wildman–Crippen MR) is 50.6 cm³/mol. The monoisotopic (exact) mass is 264 g/mol. The van der Waals surface area contributed by atoms with Gasteiger partial charge in [0.1, 0.15) is 24.1 Å². The van der Waals surface area contributed by atoms with E-state index in [0.29, 0.717) is 0 Å². The van der Waals surface area contributed by atoms with Gasteiger partial charge in [0.15, 0.2) is 10.8 Å². The maximum absolute atomic E-state index is 11.0. The van der Waals surface area contributed by atoms with Crippen LogP contribution >= 0.6 is 24.1 Å². The molecule has 8 nitrogen and oxygen atoms in total. The van der Waals surface area contributed by atoms with E-state index in [1.165, 1.54) is 10.8 Å². The lowest BCUT2D eigenvalue weighted by molar-refractivity contribution is -0.160. The van der Waals surface area contributed by atoms with Crippen LogP contribution in [0.25, 0.3) is 0 Å². The second-order valence-electron chi connectivity index (χ2n) is 1.97. The molecule has 0 aromatic rings. The highest BCUT2D eigenvalue weighted by Crippen LogP contribution is 2.08. The molecule has 0 spiro atoms. The van der Waals surface area contributed by atoms with Crippen molar-refractivity contribution in [1.82, 2.24) is 0 Å². The lowest BCUT2D eigenvalue weighted by Gasteiger charge is -2.08. The first-order valence-electron chi connectivity index (χ1n) is 3.41. The number of nitrogens with zero attached hydrogens (tertiary/aromatic N) is 2. The number of thiocyanates is 2. The molecule has 0 amide bonds. The van der Waals surface area contributed by atoms with E-state index in [2.05, 4.69) is 8.37 Å². The van der Waals surface area contributed by atoms with Gasteiger partial charge in [-0.3, -0.25) is 18.0 Å². The molecule has 86 valence electrons. The van der Waals surface area contributed by atoms with Crippen LogP contribution in [-0.4, -0.2) is 34.4 Å². The number of carbonyl (C=O) groups excluding carboxylic acids is 2. The molecule has 0 aliphatic heterocycles. The summed E-state index contributed by atoms with van der Waals surface area (Å²) in [6, 6.07) is 0. The first-order chi connectivity index (χ1) is 7.54. The molecule has 0 aromatic heterocycles. The van der Waals surface area contributed by atoms with Crippen LogP contribution in [0.2, 0.25) is 0 Å². The Bertz CT molecular complexity index is 314. The second-order valence-corrected chi connectivity index (χ2v) is 3.06. The summed E-state index contributed by atoms with van der Waals surface area (Å²) >= 11 is 0.188. The Labute approximate surface area is 98.2 Å². The average molecular weight is 264 g/mol. The molecule has 16 heavy (non-hydrogen) atoms. The van der Waals surface area contributed by atoms with Gasteiger partial charge >= 0.3 is 0 Å². The van der Waals surface area contributed by atoms with Gasteiger partial charge in [0.25, 0.3) is 11.6 Å². The third-order valence-electron chi connectivity index (χ3n) is 1.04. The molecule has 10 heteroatoms. The molecule has 0 aromatic carbocycles. The number of hydrogen-bond acceptors (Lipinski definition) is 10. The van der Waals surface area contributed by atoms with Crippen molar-refractivity contribution in [3.05, 3.63) is 0 Å². The van der Waals surface area contributed by atoms with E-state index in [9.17, 15) is 9.59 Å². The minimum absolute atomic E-state index is 0.0940. The van der Waals surface area contributed by atoms with Gasteiger partial charge in [-0.05, 0) is 0 Å². The first kappa shape index (κ1) is 14.9. The van der Waals surface area contributed by atoms with Crippen molar-refractivity contribution in [3.8, 4) is 10.8 Å². The zero-order chi connectivity index (χ0) is 12.6. The minimum Gasteiger partial charge on any atom is -0.361 e. The van der Waals surface area contributed by atoms with Crippen molar-refractivity contribution < 1.29 is 28.2 Å². The number of carbonyl (C=O) groups is 2. The topological polar surface area (TPSA) is 141 Å². The van der Waals surface area contributed by atoms with Gasteiger partial charge in [0.2, 0.25) is 12.6 Å².